The highest BCUT2D eigenvalue weighted by molar-refractivity contribution is 5.99. The van der Waals surface area contributed by atoms with E-state index < -0.39 is 11.9 Å². The molecule has 1 aliphatic carbocycles. The molecule has 0 aromatic heterocycles. The zero-order valence-electron chi connectivity index (χ0n) is 19.0. The number of amides is 1. The van der Waals surface area contributed by atoms with Crippen molar-refractivity contribution in [3.05, 3.63) is 24.6 Å². The minimum Gasteiger partial charge on any atom is -0.381 e. The van der Waals surface area contributed by atoms with Crippen LogP contribution in [0.15, 0.2) is 29.5 Å². The van der Waals surface area contributed by atoms with Gasteiger partial charge in [-0.2, -0.15) is 13.2 Å². The molecule has 2 heterocycles. The zero-order valence-corrected chi connectivity index (χ0v) is 19.0. The molecule has 4 atom stereocenters. The molecule has 32 heavy (non-hydrogen) atoms. The first-order chi connectivity index (χ1) is 15.2. The minimum atomic E-state index is -4.54. The fourth-order valence-corrected chi connectivity index (χ4v) is 4.87. The topological polar surface area (TPSA) is 57.2 Å². The van der Waals surface area contributed by atoms with Gasteiger partial charge in [-0.05, 0) is 50.7 Å². The predicted octanol–water partition coefficient (Wildman–Crippen LogP) is 3.36. The molecule has 3 rings (SSSR count). The summed E-state index contributed by atoms with van der Waals surface area (Å²) in [6.45, 7) is 10.6. The number of piperazine rings is 1. The van der Waals surface area contributed by atoms with Gasteiger partial charge in [0.05, 0.1) is 6.61 Å². The maximum Gasteiger partial charge on any atom is 0.433 e. The molecule has 2 saturated heterocycles. The van der Waals surface area contributed by atoms with Crippen LogP contribution in [0.3, 0.4) is 0 Å². The molecule has 9 heteroatoms. The lowest BCUT2D eigenvalue weighted by Gasteiger charge is -2.37. The number of halogens is 3. The van der Waals surface area contributed by atoms with E-state index in [0.29, 0.717) is 44.2 Å². The van der Waals surface area contributed by atoms with Crippen LogP contribution in [0.5, 0.6) is 0 Å². The number of alkyl halides is 3. The Morgan fingerprint density at radius 2 is 1.84 bits per heavy atom. The number of allylic oxidation sites excluding steroid dienone is 2. The summed E-state index contributed by atoms with van der Waals surface area (Å²) in [5.41, 5.74) is -1.01. The molecule has 180 valence electrons. The van der Waals surface area contributed by atoms with E-state index in [1.165, 1.54) is 0 Å². The van der Waals surface area contributed by atoms with Crippen molar-refractivity contribution in [3.63, 3.8) is 0 Å². The first-order valence-corrected chi connectivity index (χ1v) is 11.5. The predicted molar refractivity (Wildman–Crippen MR) is 118 cm³/mol. The summed E-state index contributed by atoms with van der Waals surface area (Å²) in [6, 6.07) is 0.808. The Hall–Kier alpha value is -1.87. The Balaban J connectivity index is 1.50. The largest absolute Gasteiger partial charge is 0.433 e. The van der Waals surface area contributed by atoms with Gasteiger partial charge in [0, 0.05) is 50.8 Å². The van der Waals surface area contributed by atoms with Gasteiger partial charge in [-0.15, -0.1) is 0 Å². The van der Waals surface area contributed by atoms with Gasteiger partial charge < -0.3 is 19.9 Å². The number of carbonyl (C=O) groups excluding carboxylic acids is 1. The van der Waals surface area contributed by atoms with Crippen LogP contribution >= 0.6 is 0 Å². The summed E-state index contributed by atoms with van der Waals surface area (Å²) in [6.07, 6.45) is 1.50. The van der Waals surface area contributed by atoms with Gasteiger partial charge in [-0.25, -0.2) is 4.99 Å². The Morgan fingerprint density at radius 1 is 1.16 bits per heavy atom. The highest BCUT2D eigenvalue weighted by atomic mass is 19.4. The summed E-state index contributed by atoms with van der Waals surface area (Å²) in [4.78, 5) is 20.5. The third-order valence-corrected chi connectivity index (χ3v) is 6.76. The van der Waals surface area contributed by atoms with Crippen molar-refractivity contribution in [1.82, 2.24) is 15.1 Å². The lowest BCUT2D eigenvalue weighted by Crippen LogP contribution is -2.50. The molecule has 3 aliphatic rings. The standard InChI is InChI=1S/C23H35F3N4O2/c1-4-20(23(24,25)26)28-21(5-2)29-9-11-30(12-10-29)22(31)17-6-7-18(14-17)27-19-8-13-32-15-16(19)3/h4-5,16-19,27H,1,6-15H2,2-3H3/b21-5+,28-20?/t16?,17?,18-,19?/m1/s1. The van der Waals surface area contributed by atoms with Crippen LogP contribution in [0.25, 0.3) is 0 Å². The molecule has 6 nitrogen and oxygen atoms in total. The SMILES string of the molecule is C=CC(=N/C(=C\C)N1CCN(C(=O)C2CC[C@@H](NC3CCOCC3C)C2)CC1)C(F)(F)F. The molecule has 0 radical (unpaired) electrons. The van der Waals surface area contributed by atoms with E-state index in [4.69, 9.17) is 4.74 Å². The minimum absolute atomic E-state index is 0.0194. The molecule has 2 aliphatic heterocycles. The van der Waals surface area contributed by atoms with Crippen molar-refractivity contribution in [2.45, 2.75) is 57.8 Å². The van der Waals surface area contributed by atoms with Crippen LogP contribution in [0, 0.1) is 11.8 Å². The fraction of sp³-hybridized carbons (Fsp3) is 0.739. The molecular weight excluding hydrogens is 421 g/mol. The summed E-state index contributed by atoms with van der Waals surface area (Å²) in [7, 11) is 0. The van der Waals surface area contributed by atoms with E-state index in [1.807, 2.05) is 4.90 Å². The van der Waals surface area contributed by atoms with E-state index in [0.717, 1.165) is 45.0 Å². The molecule has 1 N–H and O–H groups in total. The summed E-state index contributed by atoms with van der Waals surface area (Å²) in [5.74, 6) is 0.932. The first kappa shape index (κ1) is 24.8. The second kappa shape index (κ2) is 10.8. The Bertz CT molecular complexity index is 729. The fourth-order valence-electron chi connectivity index (χ4n) is 4.87. The molecule has 0 aromatic rings. The highest BCUT2D eigenvalue weighted by Gasteiger charge is 2.37. The number of hydrogen-bond donors (Lipinski definition) is 1. The quantitative estimate of drug-likeness (QED) is 0.623. The van der Waals surface area contributed by atoms with Crippen molar-refractivity contribution in [2.75, 3.05) is 39.4 Å². The average Bonchev–Trinajstić information content (AvgIpc) is 3.23. The van der Waals surface area contributed by atoms with Gasteiger partial charge >= 0.3 is 6.18 Å². The maximum atomic E-state index is 13.1. The molecule has 3 fully saturated rings. The van der Waals surface area contributed by atoms with Gasteiger partial charge in [0.1, 0.15) is 11.5 Å². The van der Waals surface area contributed by atoms with Crippen LogP contribution in [-0.4, -0.2) is 79.1 Å². The third-order valence-electron chi connectivity index (χ3n) is 6.76. The second-order valence-corrected chi connectivity index (χ2v) is 8.98. The number of nitrogens with one attached hydrogen (secondary N) is 1. The summed E-state index contributed by atoms with van der Waals surface area (Å²) >= 11 is 0. The van der Waals surface area contributed by atoms with E-state index in [1.54, 1.807) is 17.9 Å². The molecule has 0 bridgehead atoms. The van der Waals surface area contributed by atoms with E-state index in [2.05, 4.69) is 23.8 Å². The molecule has 0 aromatic carbocycles. The first-order valence-electron chi connectivity index (χ1n) is 11.5. The normalized spacial score (nSPS) is 30.5. The molecule has 3 unspecified atom stereocenters. The number of hydrogen-bond acceptors (Lipinski definition) is 5. The highest BCUT2D eigenvalue weighted by Crippen LogP contribution is 2.30. The lowest BCUT2D eigenvalue weighted by molar-refractivity contribution is -0.136. The number of nitrogens with zero attached hydrogens (tertiary/aromatic N) is 3. The molecular formula is C23H35F3N4O2. The van der Waals surface area contributed by atoms with Gasteiger partial charge in [0.25, 0.3) is 0 Å². The second-order valence-electron chi connectivity index (χ2n) is 8.98. The molecule has 0 spiro atoms. The van der Waals surface area contributed by atoms with E-state index >= 15 is 0 Å². The zero-order chi connectivity index (χ0) is 23.3. The van der Waals surface area contributed by atoms with Crippen molar-refractivity contribution in [1.29, 1.82) is 0 Å². The third kappa shape index (κ3) is 6.13. The van der Waals surface area contributed by atoms with Crippen LogP contribution in [0.4, 0.5) is 13.2 Å². The van der Waals surface area contributed by atoms with Crippen LogP contribution in [-0.2, 0) is 9.53 Å². The smallest absolute Gasteiger partial charge is 0.381 e. The Labute approximate surface area is 188 Å². The summed E-state index contributed by atoms with van der Waals surface area (Å²) in [5, 5.41) is 3.74. The van der Waals surface area contributed by atoms with Gasteiger partial charge in [-0.3, -0.25) is 4.79 Å². The molecule has 1 amide bonds. The van der Waals surface area contributed by atoms with Crippen molar-refractivity contribution in [2.24, 2.45) is 16.8 Å². The van der Waals surface area contributed by atoms with Crippen LogP contribution in [0.1, 0.15) is 39.5 Å². The van der Waals surface area contributed by atoms with Crippen LogP contribution < -0.4 is 5.32 Å². The van der Waals surface area contributed by atoms with Gasteiger partial charge in [0.2, 0.25) is 5.91 Å². The van der Waals surface area contributed by atoms with E-state index in [9.17, 15) is 18.0 Å². The van der Waals surface area contributed by atoms with Gasteiger partial charge in [0.15, 0.2) is 0 Å². The number of rotatable bonds is 6. The van der Waals surface area contributed by atoms with E-state index in [-0.39, 0.29) is 17.6 Å². The number of ether oxygens (including phenoxy) is 1. The maximum absolute atomic E-state index is 13.1. The van der Waals surface area contributed by atoms with Crippen molar-refractivity contribution >= 4 is 11.6 Å². The monoisotopic (exact) mass is 456 g/mol. The Morgan fingerprint density at radius 3 is 2.44 bits per heavy atom. The Kier molecular flexibility index (Phi) is 8.38. The average molecular weight is 457 g/mol. The number of carbonyl (C=O) groups is 1. The lowest BCUT2D eigenvalue weighted by atomic mass is 9.96. The number of aliphatic imine (C=N–C) groups is 1. The van der Waals surface area contributed by atoms with Crippen LogP contribution in [0.2, 0.25) is 0 Å². The van der Waals surface area contributed by atoms with Crippen molar-refractivity contribution in [3.8, 4) is 0 Å². The summed E-state index contributed by atoms with van der Waals surface area (Å²) < 4.78 is 44.6. The van der Waals surface area contributed by atoms with Crippen molar-refractivity contribution < 1.29 is 22.7 Å². The molecule has 1 saturated carbocycles. The van der Waals surface area contributed by atoms with Gasteiger partial charge in [-0.1, -0.05) is 13.5 Å².